The fraction of sp³-hybridized carbons (Fsp3) is 0.300. The van der Waals surface area contributed by atoms with E-state index >= 15 is 0 Å². The van der Waals surface area contributed by atoms with Crippen molar-refractivity contribution >= 4 is 22.2 Å². The van der Waals surface area contributed by atoms with E-state index in [1.54, 1.807) is 0 Å². The van der Waals surface area contributed by atoms with Gasteiger partial charge in [-0.25, -0.2) is 0 Å². The zero-order valence-corrected chi connectivity index (χ0v) is 8.75. The molecular weight excluding hydrogens is 232 g/mol. The number of aldehydes is 1. The lowest BCUT2D eigenvalue weighted by Crippen LogP contribution is -1.90. The normalized spacial score (nSPS) is 10.0. The van der Waals surface area contributed by atoms with E-state index in [4.69, 9.17) is 5.11 Å². The highest BCUT2D eigenvalue weighted by atomic mass is 79.9. The van der Waals surface area contributed by atoms with E-state index in [1.807, 2.05) is 18.2 Å². The lowest BCUT2D eigenvalue weighted by Gasteiger charge is -2.02. The van der Waals surface area contributed by atoms with Crippen LogP contribution >= 0.6 is 15.9 Å². The Bertz CT molecular complexity index is 297. The third-order valence-corrected chi connectivity index (χ3v) is 2.21. The summed E-state index contributed by atoms with van der Waals surface area (Å²) in [4.78, 5) is 10.2. The quantitative estimate of drug-likeness (QED) is 0.822. The van der Waals surface area contributed by atoms with Crippen LogP contribution in [-0.2, 0) is 17.8 Å². The van der Waals surface area contributed by atoms with Gasteiger partial charge >= 0.3 is 0 Å². The Labute approximate surface area is 85.7 Å². The van der Waals surface area contributed by atoms with Gasteiger partial charge in [-0.05, 0) is 29.7 Å². The highest BCUT2D eigenvalue weighted by molar-refractivity contribution is 9.10. The number of rotatable bonds is 4. The maximum atomic E-state index is 10.2. The molecule has 0 spiro atoms. The largest absolute Gasteiger partial charge is 0.392 e. The molecule has 0 atom stereocenters. The molecule has 0 aliphatic heterocycles. The number of aliphatic hydroxyl groups excluding tert-OH is 1. The molecule has 0 saturated carbocycles. The molecule has 1 N–H and O–H groups in total. The SMILES string of the molecule is O=CCCc1cc(Br)cc(CO)c1. The number of carbonyl (C=O) groups excluding carboxylic acids is 1. The van der Waals surface area contributed by atoms with Crippen LogP contribution in [0.25, 0.3) is 0 Å². The summed E-state index contributed by atoms with van der Waals surface area (Å²) in [6.45, 7) is 0.0352. The molecule has 0 unspecified atom stereocenters. The Morgan fingerprint density at radius 2 is 2.00 bits per heavy atom. The minimum atomic E-state index is 0.0352. The molecule has 2 nitrogen and oxygen atoms in total. The lowest BCUT2D eigenvalue weighted by atomic mass is 10.1. The molecule has 0 fully saturated rings. The summed E-state index contributed by atoms with van der Waals surface area (Å²) in [6.07, 6.45) is 2.16. The van der Waals surface area contributed by atoms with Crippen molar-refractivity contribution in [3.05, 3.63) is 33.8 Å². The van der Waals surface area contributed by atoms with Crippen LogP contribution in [-0.4, -0.2) is 11.4 Å². The van der Waals surface area contributed by atoms with Crippen molar-refractivity contribution in [2.24, 2.45) is 0 Å². The Morgan fingerprint density at radius 3 is 2.62 bits per heavy atom. The van der Waals surface area contributed by atoms with Crippen LogP contribution < -0.4 is 0 Å². The summed E-state index contributed by atoms with van der Waals surface area (Å²) in [5, 5.41) is 8.92. The van der Waals surface area contributed by atoms with Gasteiger partial charge < -0.3 is 9.90 Å². The second-order valence-electron chi connectivity index (χ2n) is 2.83. The monoisotopic (exact) mass is 242 g/mol. The van der Waals surface area contributed by atoms with Gasteiger partial charge in [0.1, 0.15) is 6.29 Å². The first-order valence-electron chi connectivity index (χ1n) is 4.09. The lowest BCUT2D eigenvalue weighted by molar-refractivity contribution is -0.107. The summed E-state index contributed by atoms with van der Waals surface area (Å²) in [5.74, 6) is 0. The number of aryl methyl sites for hydroxylation is 1. The molecule has 1 aromatic carbocycles. The van der Waals surface area contributed by atoms with E-state index in [1.165, 1.54) is 0 Å². The molecule has 0 amide bonds. The number of aliphatic hydroxyl groups is 1. The van der Waals surface area contributed by atoms with E-state index < -0.39 is 0 Å². The van der Waals surface area contributed by atoms with Crippen LogP contribution in [0.3, 0.4) is 0 Å². The van der Waals surface area contributed by atoms with Crippen molar-refractivity contribution in [1.82, 2.24) is 0 Å². The molecule has 0 heterocycles. The summed E-state index contributed by atoms with van der Waals surface area (Å²) in [6, 6.07) is 5.74. The van der Waals surface area contributed by atoms with Crippen molar-refractivity contribution in [2.75, 3.05) is 0 Å². The van der Waals surface area contributed by atoms with Gasteiger partial charge in [0, 0.05) is 10.9 Å². The zero-order chi connectivity index (χ0) is 9.68. The topological polar surface area (TPSA) is 37.3 Å². The highest BCUT2D eigenvalue weighted by Gasteiger charge is 1.98. The summed E-state index contributed by atoms with van der Waals surface area (Å²) < 4.78 is 0.944. The number of benzene rings is 1. The first-order chi connectivity index (χ1) is 6.26. The Balaban J connectivity index is 2.81. The van der Waals surface area contributed by atoms with Crippen molar-refractivity contribution in [2.45, 2.75) is 19.4 Å². The molecule has 0 saturated heterocycles. The molecule has 0 aromatic heterocycles. The van der Waals surface area contributed by atoms with Crippen LogP contribution in [0.5, 0.6) is 0 Å². The van der Waals surface area contributed by atoms with E-state index in [0.29, 0.717) is 6.42 Å². The third kappa shape index (κ3) is 3.28. The first-order valence-corrected chi connectivity index (χ1v) is 4.88. The zero-order valence-electron chi connectivity index (χ0n) is 7.16. The third-order valence-electron chi connectivity index (χ3n) is 1.75. The molecule has 0 bridgehead atoms. The van der Waals surface area contributed by atoms with Crippen molar-refractivity contribution in [1.29, 1.82) is 0 Å². The van der Waals surface area contributed by atoms with Crippen LogP contribution in [0, 0.1) is 0 Å². The Hall–Kier alpha value is -0.670. The molecular formula is C10H11BrO2. The summed E-state index contributed by atoms with van der Waals surface area (Å²) >= 11 is 3.35. The van der Waals surface area contributed by atoms with E-state index in [-0.39, 0.29) is 6.61 Å². The van der Waals surface area contributed by atoms with E-state index in [9.17, 15) is 4.79 Å². The highest BCUT2D eigenvalue weighted by Crippen LogP contribution is 2.16. The average Bonchev–Trinajstić information content (AvgIpc) is 2.14. The van der Waals surface area contributed by atoms with Gasteiger partial charge in [0.2, 0.25) is 0 Å². The maximum absolute atomic E-state index is 10.2. The fourth-order valence-corrected chi connectivity index (χ4v) is 1.77. The first kappa shape index (κ1) is 10.4. The smallest absolute Gasteiger partial charge is 0.120 e. The second kappa shape index (κ2) is 5.14. The van der Waals surface area contributed by atoms with Crippen LogP contribution in [0.2, 0.25) is 0 Å². The van der Waals surface area contributed by atoms with Gasteiger partial charge in [0.25, 0.3) is 0 Å². The van der Waals surface area contributed by atoms with Crippen LogP contribution in [0.4, 0.5) is 0 Å². The van der Waals surface area contributed by atoms with Gasteiger partial charge in [0.05, 0.1) is 6.61 Å². The van der Waals surface area contributed by atoms with Crippen LogP contribution in [0.15, 0.2) is 22.7 Å². The van der Waals surface area contributed by atoms with Gasteiger partial charge in [-0.2, -0.15) is 0 Å². The molecule has 0 aliphatic rings. The molecule has 70 valence electrons. The number of hydrogen-bond donors (Lipinski definition) is 1. The van der Waals surface area contributed by atoms with Crippen molar-refractivity contribution in [3.8, 4) is 0 Å². The summed E-state index contributed by atoms with van der Waals surface area (Å²) in [7, 11) is 0. The molecule has 1 rings (SSSR count). The minimum Gasteiger partial charge on any atom is -0.392 e. The average molecular weight is 243 g/mol. The predicted octanol–water partition coefficient (Wildman–Crippen LogP) is 2.07. The van der Waals surface area contributed by atoms with Gasteiger partial charge in [0.15, 0.2) is 0 Å². The molecule has 13 heavy (non-hydrogen) atoms. The van der Waals surface area contributed by atoms with E-state index in [0.717, 1.165) is 28.3 Å². The van der Waals surface area contributed by atoms with E-state index in [2.05, 4.69) is 15.9 Å². The fourth-order valence-electron chi connectivity index (χ4n) is 1.18. The summed E-state index contributed by atoms with van der Waals surface area (Å²) in [5.41, 5.74) is 1.95. The van der Waals surface area contributed by atoms with Crippen LogP contribution in [0.1, 0.15) is 17.5 Å². The van der Waals surface area contributed by atoms with Gasteiger partial charge in [-0.15, -0.1) is 0 Å². The van der Waals surface area contributed by atoms with Gasteiger partial charge in [-0.3, -0.25) is 0 Å². The van der Waals surface area contributed by atoms with Crippen molar-refractivity contribution in [3.63, 3.8) is 0 Å². The Morgan fingerprint density at radius 1 is 1.31 bits per heavy atom. The Kier molecular flexibility index (Phi) is 4.12. The maximum Gasteiger partial charge on any atom is 0.120 e. The van der Waals surface area contributed by atoms with Gasteiger partial charge in [-0.1, -0.05) is 22.0 Å². The van der Waals surface area contributed by atoms with Crippen molar-refractivity contribution < 1.29 is 9.90 Å². The number of hydrogen-bond acceptors (Lipinski definition) is 2. The molecule has 0 aliphatic carbocycles. The molecule has 1 aromatic rings. The number of carbonyl (C=O) groups is 1. The minimum absolute atomic E-state index is 0.0352. The second-order valence-corrected chi connectivity index (χ2v) is 3.75. The number of halogens is 1. The standard InChI is InChI=1S/C10H11BrO2/c11-10-5-8(2-1-3-12)4-9(6-10)7-13/h3-6,13H,1-2,7H2. The molecule has 3 heteroatoms. The predicted molar refractivity (Wildman–Crippen MR) is 54.4 cm³/mol. The molecule has 0 radical (unpaired) electrons.